The maximum atomic E-state index is 12.0. The van der Waals surface area contributed by atoms with Crippen molar-refractivity contribution in [2.75, 3.05) is 6.79 Å². The molecule has 3 rings (SSSR count). The number of amides is 1. The van der Waals surface area contributed by atoms with Gasteiger partial charge in [0.25, 0.3) is 0 Å². The van der Waals surface area contributed by atoms with Gasteiger partial charge in [-0.15, -0.1) is 23.2 Å². The minimum absolute atomic E-state index is 0.129. The van der Waals surface area contributed by atoms with Crippen molar-refractivity contribution in [3.63, 3.8) is 0 Å². The van der Waals surface area contributed by atoms with E-state index in [9.17, 15) is 4.79 Å². The van der Waals surface area contributed by atoms with Gasteiger partial charge in [-0.1, -0.05) is 6.07 Å². The first kappa shape index (κ1) is 12.9. The smallest absolute Gasteiger partial charge is 0.231 e. The molecule has 1 saturated carbocycles. The first-order chi connectivity index (χ1) is 8.92. The number of carbonyl (C=O) groups excluding carboxylic acids is 1. The Balaban J connectivity index is 1.63. The number of alkyl halides is 2. The summed E-state index contributed by atoms with van der Waals surface area (Å²) in [7, 11) is 0. The molecular formula is C13H13Cl2NO3. The van der Waals surface area contributed by atoms with Crippen LogP contribution < -0.4 is 14.8 Å². The highest BCUT2D eigenvalue weighted by Crippen LogP contribution is 2.63. The number of carbonyl (C=O) groups is 1. The summed E-state index contributed by atoms with van der Waals surface area (Å²) in [6.07, 6.45) is 0.482. The van der Waals surface area contributed by atoms with E-state index in [1.165, 1.54) is 0 Å². The van der Waals surface area contributed by atoms with Gasteiger partial charge in [0.2, 0.25) is 12.7 Å². The highest BCUT2D eigenvalue weighted by Gasteiger charge is 2.67. The Kier molecular flexibility index (Phi) is 2.84. The average Bonchev–Trinajstić information content (AvgIpc) is 2.76. The van der Waals surface area contributed by atoms with Crippen LogP contribution in [-0.4, -0.2) is 17.0 Å². The van der Waals surface area contributed by atoms with E-state index in [1.54, 1.807) is 6.92 Å². The van der Waals surface area contributed by atoms with Crippen LogP contribution in [-0.2, 0) is 11.3 Å². The Hall–Kier alpha value is -1.13. The molecule has 102 valence electrons. The van der Waals surface area contributed by atoms with Gasteiger partial charge >= 0.3 is 0 Å². The molecule has 1 amide bonds. The number of fused-ring (bicyclic) bond motifs is 1. The molecule has 6 heteroatoms. The third-order valence-corrected chi connectivity index (χ3v) is 4.75. The highest BCUT2D eigenvalue weighted by molar-refractivity contribution is 6.53. The summed E-state index contributed by atoms with van der Waals surface area (Å²) < 4.78 is 9.57. The number of hydrogen-bond acceptors (Lipinski definition) is 3. The molecule has 1 heterocycles. The molecule has 19 heavy (non-hydrogen) atoms. The molecule has 0 saturated heterocycles. The van der Waals surface area contributed by atoms with Crippen molar-refractivity contribution in [2.24, 2.45) is 5.41 Å². The summed E-state index contributed by atoms with van der Waals surface area (Å²) in [6, 6.07) is 5.57. The Labute approximate surface area is 121 Å². The molecule has 1 aliphatic heterocycles. The fourth-order valence-corrected chi connectivity index (χ4v) is 2.78. The number of ether oxygens (including phenoxy) is 2. The number of benzene rings is 1. The van der Waals surface area contributed by atoms with Crippen LogP contribution in [0.3, 0.4) is 0 Å². The second-order valence-electron chi connectivity index (χ2n) is 5.08. The zero-order chi connectivity index (χ0) is 13.7. The van der Waals surface area contributed by atoms with Gasteiger partial charge in [-0.05, 0) is 31.0 Å². The molecule has 4 nitrogen and oxygen atoms in total. The van der Waals surface area contributed by atoms with Gasteiger partial charge in [0.15, 0.2) is 11.5 Å². The number of halogens is 2. The van der Waals surface area contributed by atoms with Crippen LogP contribution in [0.25, 0.3) is 0 Å². The quantitative estimate of drug-likeness (QED) is 0.873. The molecule has 2 aliphatic rings. The normalized spacial score (nSPS) is 26.1. The van der Waals surface area contributed by atoms with Crippen LogP contribution in [0, 0.1) is 5.41 Å². The molecule has 1 N–H and O–H groups in total. The van der Waals surface area contributed by atoms with Crippen LogP contribution >= 0.6 is 23.2 Å². The lowest BCUT2D eigenvalue weighted by Gasteiger charge is -2.12. The minimum Gasteiger partial charge on any atom is -0.454 e. The monoisotopic (exact) mass is 301 g/mol. The van der Waals surface area contributed by atoms with Gasteiger partial charge in [0, 0.05) is 6.54 Å². The van der Waals surface area contributed by atoms with E-state index in [0.717, 1.165) is 11.3 Å². The van der Waals surface area contributed by atoms with E-state index in [4.69, 9.17) is 32.7 Å². The first-order valence-electron chi connectivity index (χ1n) is 5.97. The fourth-order valence-electron chi connectivity index (χ4n) is 2.07. The molecule has 1 aromatic rings. The molecule has 1 aliphatic carbocycles. The van der Waals surface area contributed by atoms with Gasteiger partial charge in [-0.2, -0.15) is 0 Å². The molecule has 1 fully saturated rings. The summed E-state index contributed by atoms with van der Waals surface area (Å²) in [5.41, 5.74) is 0.253. The summed E-state index contributed by atoms with van der Waals surface area (Å²) in [5, 5.41) is 2.84. The standard InChI is InChI=1S/C13H13Cl2NO3/c1-12(6-13(12,14)15)11(17)16-5-8-2-3-9-10(4-8)19-7-18-9/h2-4H,5-7H2,1H3,(H,16,17). The molecule has 0 bridgehead atoms. The lowest BCUT2D eigenvalue weighted by molar-refractivity contribution is -0.125. The third-order valence-electron chi connectivity index (χ3n) is 3.65. The van der Waals surface area contributed by atoms with E-state index >= 15 is 0 Å². The van der Waals surface area contributed by atoms with E-state index in [-0.39, 0.29) is 12.7 Å². The molecule has 1 aromatic carbocycles. The Morgan fingerprint density at radius 2 is 2.05 bits per heavy atom. The van der Waals surface area contributed by atoms with Crippen molar-refractivity contribution < 1.29 is 14.3 Å². The van der Waals surface area contributed by atoms with E-state index in [0.29, 0.717) is 18.7 Å². The number of rotatable bonds is 3. The topological polar surface area (TPSA) is 47.6 Å². The zero-order valence-electron chi connectivity index (χ0n) is 10.3. The molecule has 1 atom stereocenters. The van der Waals surface area contributed by atoms with Crippen molar-refractivity contribution in [3.8, 4) is 11.5 Å². The Bertz CT molecular complexity index is 547. The third kappa shape index (κ3) is 2.13. The summed E-state index contributed by atoms with van der Waals surface area (Å²) in [4.78, 5) is 12.0. The van der Waals surface area contributed by atoms with E-state index < -0.39 is 9.75 Å². The Morgan fingerprint density at radius 3 is 2.74 bits per heavy atom. The average molecular weight is 302 g/mol. The summed E-state index contributed by atoms with van der Waals surface area (Å²) in [5.74, 6) is 1.30. The fraction of sp³-hybridized carbons (Fsp3) is 0.462. The van der Waals surface area contributed by atoms with Crippen LogP contribution in [0.5, 0.6) is 11.5 Å². The molecule has 0 aromatic heterocycles. The van der Waals surface area contributed by atoms with Gasteiger partial charge < -0.3 is 14.8 Å². The van der Waals surface area contributed by atoms with Crippen molar-refractivity contribution in [3.05, 3.63) is 23.8 Å². The number of hydrogen-bond donors (Lipinski definition) is 1. The van der Waals surface area contributed by atoms with E-state index in [1.807, 2.05) is 18.2 Å². The Morgan fingerprint density at radius 1 is 1.37 bits per heavy atom. The predicted octanol–water partition coefficient (Wildman–Crippen LogP) is 2.62. The minimum atomic E-state index is -0.939. The maximum Gasteiger partial charge on any atom is 0.231 e. The van der Waals surface area contributed by atoms with Gasteiger partial charge in [0.05, 0.1) is 5.41 Å². The number of nitrogens with one attached hydrogen (secondary N) is 1. The molecular weight excluding hydrogens is 289 g/mol. The zero-order valence-corrected chi connectivity index (χ0v) is 11.8. The first-order valence-corrected chi connectivity index (χ1v) is 6.73. The maximum absolute atomic E-state index is 12.0. The lowest BCUT2D eigenvalue weighted by atomic mass is 10.1. The van der Waals surface area contributed by atoms with Crippen molar-refractivity contribution in [1.82, 2.24) is 5.32 Å². The van der Waals surface area contributed by atoms with Crippen molar-refractivity contribution >= 4 is 29.1 Å². The van der Waals surface area contributed by atoms with Gasteiger partial charge in [-0.25, -0.2) is 0 Å². The van der Waals surface area contributed by atoms with Crippen LogP contribution in [0.2, 0.25) is 0 Å². The lowest BCUT2D eigenvalue weighted by Crippen LogP contribution is -2.32. The van der Waals surface area contributed by atoms with E-state index in [2.05, 4.69) is 5.32 Å². The summed E-state index contributed by atoms with van der Waals surface area (Å²) >= 11 is 11.9. The second kappa shape index (κ2) is 4.18. The molecule has 0 radical (unpaired) electrons. The SMILES string of the molecule is CC1(C(=O)NCc2ccc3c(c2)OCO3)CC1(Cl)Cl. The van der Waals surface area contributed by atoms with Crippen LogP contribution in [0.4, 0.5) is 0 Å². The molecule has 1 unspecified atom stereocenters. The molecule has 0 spiro atoms. The van der Waals surface area contributed by atoms with Crippen LogP contribution in [0.1, 0.15) is 18.9 Å². The summed E-state index contributed by atoms with van der Waals surface area (Å²) in [6.45, 7) is 2.42. The highest BCUT2D eigenvalue weighted by atomic mass is 35.5. The largest absolute Gasteiger partial charge is 0.454 e. The van der Waals surface area contributed by atoms with Crippen molar-refractivity contribution in [1.29, 1.82) is 0 Å². The predicted molar refractivity (Wildman–Crippen MR) is 71.6 cm³/mol. The van der Waals surface area contributed by atoms with Crippen LogP contribution in [0.15, 0.2) is 18.2 Å². The van der Waals surface area contributed by atoms with Crippen molar-refractivity contribution in [2.45, 2.75) is 24.2 Å². The van der Waals surface area contributed by atoms with Gasteiger partial charge in [-0.3, -0.25) is 4.79 Å². The van der Waals surface area contributed by atoms with Gasteiger partial charge in [0.1, 0.15) is 4.33 Å². The second-order valence-corrected chi connectivity index (χ2v) is 6.57.